The van der Waals surface area contributed by atoms with E-state index in [1.807, 2.05) is 24.3 Å². The second-order valence-electron chi connectivity index (χ2n) is 7.70. The number of aromatic nitrogens is 1. The minimum Gasteiger partial charge on any atom is -0.497 e. The second kappa shape index (κ2) is 11.5. The number of rotatable bonds is 10. The standard InChI is InChI=1S/C26H26F4N2O2S/c1-5-14-35-25-22(26(28,29)30)17(2)23(27)24(31-25)32(15-18-6-10-20(33-3)11-7-18)16-19-8-12-21(34-4)13-9-19/h5-13H,1,14-16H2,2-4H3. The fourth-order valence-corrected chi connectivity index (χ4v) is 4.37. The Balaban J connectivity index is 2.10. The Morgan fingerprint density at radius 2 is 1.43 bits per heavy atom. The van der Waals surface area contributed by atoms with E-state index in [0.717, 1.165) is 29.8 Å². The van der Waals surface area contributed by atoms with Crippen LogP contribution in [0, 0.1) is 12.7 Å². The van der Waals surface area contributed by atoms with Crippen molar-refractivity contribution in [1.82, 2.24) is 4.98 Å². The third kappa shape index (κ3) is 6.48. The van der Waals surface area contributed by atoms with Crippen LogP contribution < -0.4 is 14.4 Å². The molecule has 0 aliphatic heterocycles. The van der Waals surface area contributed by atoms with Crippen LogP contribution in [0.25, 0.3) is 0 Å². The van der Waals surface area contributed by atoms with Crippen molar-refractivity contribution in [1.29, 1.82) is 0 Å². The van der Waals surface area contributed by atoms with Gasteiger partial charge in [-0.25, -0.2) is 9.37 Å². The first-order valence-electron chi connectivity index (χ1n) is 10.7. The normalized spacial score (nSPS) is 11.3. The number of methoxy groups -OCH3 is 2. The quantitative estimate of drug-likeness (QED) is 0.167. The van der Waals surface area contributed by atoms with Crippen LogP contribution in [0.1, 0.15) is 22.3 Å². The molecular formula is C26H26F4N2O2S. The van der Waals surface area contributed by atoms with Gasteiger partial charge in [-0.05, 0) is 42.3 Å². The summed E-state index contributed by atoms with van der Waals surface area (Å²) in [4.78, 5) is 5.82. The maximum atomic E-state index is 15.5. The Morgan fingerprint density at radius 1 is 0.943 bits per heavy atom. The number of benzene rings is 2. The molecule has 35 heavy (non-hydrogen) atoms. The molecule has 0 radical (unpaired) electrons. The lowest BCUT2D eigenvalue weighted by Crippen LogP contribution is -2.26. The van der Waals surface area contributed by atoms with Crippen LogP contribution in [-0.4, -0.2) is 25.0 Å². The number of hydrogen-bond donors (Lipinski definition) is 0. The number of nitrogens with zero attached hydrogens (tertiary/aromatic N) is 2. The van der Waals surface area contributed by atoms with E-state index < -0.39 is 23.1 Å². The third-order valence-corrected chi connectivity index (χ3v) is 6.28. The lowest BCUT2D eigenvalue weighted by atomic mass is 10.1. The van der Waals surface area contributed by atoms with Crippen LogP contribution in [-0.2, 0) is 19.3 Å². The number of ether oxygens (including phenoxy) is 2. The van der Waals surface area contributed by atoms with Crippen molar-refractivity contribution in [2.75, 3.05) is 24.9 Å². The number of halogens is 4. The van der Waals surface area contributed by atoms with Gasteiger partial charge in [-0.1, -0.05) is 30.3 Å². The predicted octanol–water partition coefficient (Wildman–Crippen LogP) is 7.05. The van der Waals surface area contributed by atoms with E-state index in [1.165, 1.54) is 6.08 Å². The Bertz CT molecular complexity index is 1100. The Kier molecular flexibility index (Phi) is 8.67. The molecule has 0 atom stereocenters. The molecule has 2 aromatic carbocycles. The maximum absolute atomic E-state index is 15.5. The maximum Gasteiger partial charge on any atom is 0.419 e. The molecule has 0 amide bonds. The molecule has 0 fully saturated rings. The van der Waals surface area contributed by atoms with Crippen molar-refractivity contribution in [3.63, 3.8) is 0 Å². The first-order chi connectivity index (χ1) is 16.7. The fourth-order valence-electron chi connectivity index (χ4n) is 3.53. The van der Waals surface area contributed by atoms with Crippen molar-refractivity contribution in [3.05, 3.63) is 89.3 Å². The van der Waals surface area contributed by atoms with Crippen LogP contribution >= 0.6 is 11.8 Å². The number of pyridine rings is 1. The smallest absolute Gasteiger partial charge is 0.419 e. The van der Waals surface area contributed by atoms with Crippen molar-refractivity contribution < 1.29 is 27.0 Å². The van der Waals surface area contributed by atoms with Gasteiger partial charge >= 0.3 is 6.18 Å². The van der Waals surface area contributed by atoms with Gasteiger partial charge in [-0.3, -0.25) is 0 Å². The largest absolute Gasteiger partial charge is 0.497 e. The minimum absolute atomic E-state index is 0.145. The van der Waals surface area contributed by atoms with E-state index in [2.05, 4.69) is 11.6 Å². The molecular weight excluding hydrogens is 480 g/mol. The fraction of sp³-hybridized carbons (Fsp3) is 0.269. The molecule has 3 aromatic rings. The first-order valence-corrected chi connectivity index (χ1v) is 11.7. The van der Waals surface area contributed by atoms with E-state index in [0.29, 0.717) is 11.5 Å². The van der Waals surface area contributed by atoms with Gasteiger partial charge in [-0.15, -0.1) is 18.3 Å². The van der Waals surface area contributed by atoms with E-state index in [-0.39, 0.29) is 29.7 Å². The highest BCUT2D eigenvalue weighted by molar-refractivity contribution is 7.99. The summed E-state index contributed by atoms with van der Waals surface area (Å²) in [5, 5.41) is -0.277. The molecule has 4 nitrogen and oxygen atoms in total. The summed E-state index contributed by atoms with van der Waals surface area (Å²) >= 11 is 0.875. The van der Waals surface area contributed by atoms with E-state index in [1.54, 1.807) is 43.4 Å². The average molecular weight is 507 g/mol. The van der Waals surface area contributed by atoms with Crippen molar-refractivity contribution in [2.45, 2.75) is 31.2 Å². The molecule has 0 bridgehead atoms. The molecule has 9 heteroatoms. The predicted molar refractivity (Wildman–Crippen MR) is 131 cm³/mol. The molecule has 0 saturated carbocycles. The van der Waals surface area contributed by atoms with Crippen molar-refractivity contribution in [3.8, 4) is 11.5 Å². The molecule has 1 aromatic heterocycles. The lowest BCUT2D eigenvalue weighted by Gasteiger charge is -2.27. The van der Waals surface area contributed by atoms with Crippen LogP contribution in [0.15, 0.2) is 66.2 Å². The van der Waals surface area contributed by atoms with Crippen LogP contribution in [0.3, 0.4) is 0 Å². The summed E-state index contributed by atoms with van der Waals surface area (Å²) in [6, 6.07) is 14.4. The van der Waals surface area contributed by atoms with Crippen molar-refractivity contribution in [2.24, 2.45) is 0 Å². The summed E-state index contributed by atoms with van der Waals surface area (Å²) < 4.78 is 67.3. The van der Waals surface area contributed by atoms with Gasteiger partial charge in [0.2, 0.25) is 0 Å². The first kappa shape index (κ1) is 26.4. The highest BCUT2D eigenvalue weighted by atomic mass is 32.2. The summed E-state index contributed by atoms with van der Waals surface area (Å²) in [7, 11) is 3.11. The Hall–Kier alpha value is -3.20. The highest BCUT2D eigenvalue weighted by Gasteiger charge is 2.39. The molecule has 186 valence electrons. The van der Waals surface area contributed by atoms with E-state index >= 15 is 4.39 Å². The summed E-state index contributed by atoms with van der Waals surface area (Å²) in [5.74, 6) is 0.384. The van der Waals surface area contributed by atoms with Gasteiger partial charge < -0.3 is 14.4 Å². The van der Waals surface area contributed by atoms with Crippen molar-refractivity contribution >= 4 is 17.6 Å². The van der Waals surface area contributed by atoms with E-state index in [9.17, 15) is 13.2 Å². The van der Waals surface area contributed by atoms with Gasteiger partial charge in [0.05, 0.1) is 19.8 Å². The molecule has 0 saturated heterocycles. The van der Waals surface area contributed by atoms with Gasteiger partial charge in [0.15, 0.2) is 11.6 Å². The zero-order chi connectivity index (χ0) is 25.6. The number of anilines is 1. The summed E-state index contributed by atoms with van der Waals surface area (Å²) in [5.41, 5.74) is 0.0969. The SMILES string of the molecule is C=CCSc1nc(N(Cc2ccc(OC)cc2)Cc2ccc(OC)cc2)c(F)c(C)c1C(F)(F)F. The zero-order valence-corrected chi connectivity index (χ0v) is 20.5. The molecule has 0 spiro atoms. The Labute approximate surface area is 206 Å². The number of thioether (sulfide) groups is 1. The molecule has 0 aliphatic rings. The third-order valence-electron chi connectivity index (χ3n) is 5.31. The topological polar surface area (TPSA) is 34.6 Å². The summed E-state index contributed by atoms with van der Waals surface area (Å²) in [6.07, 6.45) is -3.26. The van der Waals surface area contributed by atoms with Crippen LogP contribution in [0.5, 0.6) is 11.5 Å². The van der Waals surface area contributed by atoms with Crippen LogP contribution in [0.2, 0.25) is 0 Å². The monoisotopic (exact) mass is 506 g/mol. The molecule has 1 heterocycles. The second-order valence-corrected chi connectivity index (χ2v) is 8.71. The molecule has 0 unspecified atom stereocenters. The molecule has 0 aliphatic carbocycles. The van der Waals surface area contributed by atoms with Gasteiger partial charge in [0.1, 0.15) is 16.5 Å². The minimum atomic E-state index is -4.74. The highest BCUT2D eigenvalue weighted by Crippen LogP contribution is 2.41. The zero-order valence-electron chi connectivity index (χ0n) is 19.7. The van der Waals surface area contributed by atoms with Crippen LogP contribution in [0.4, 0.5) is 23.4 Å². The lowest BCUT2D eigenvalue weighted by molar-refractivity contribution is -0.140. The molecule has 3 rings (SSSR count). The van der Waals surface area contributed by atoms with Gasteiger partial charge in [0, 0.05) is 24.4 Å². The number of alkyl halides is 3. The Morgan fingerprint density at radius 3 is 1.83 bits per heavy atom. The van der Waals surface area contributed by atoms with Gasteiger partial charge in [-0.2, -0.15) is 13.2 Å². The van der Waals surface area contributed by atoms with E-state index in [4.69, 9.17) is 9.47 Å². The molecule has 0 N–H and O–H groups in total. The average Bonchev–Trinajstić information content (AvgIpc) is 2.84. The van der Waals surface area contributed by atoms with Gasteiger partial charge in [0.25, 0.3) is 0 Å². The summed E-state index contributed by atoms with van der Waals surface area (Å²) in [6.45, 7) is 5.15. The number of hydrogen-bond acceptors (Lipinski definition) is 5.